The molecular weight excluding hydrogens is 302 g/mol. The largest absolute Gasteiger partial charge is 0.456 e. The van der Waals surface area contributed by atoms with E-state index in [0.717, 1.165) is 21.9 Å². The fourth-order valence-electron chi connectivity index (χ4n) is 3.53. The molecule has 0 radical (unpaired) electrons. The van der Waals surface area contributed by atoms with Gasteiger partial charge in [0.1, 0.15) is 16.9 Å². The number of nitrogens with one attached hydrogen (secondary N) is 1. The third kappa shape index (κ3) is 3.09. The average Bonchev–Trinajstić information content (AvgIpc) is 2.98. The van der Waals surface area contributed by atoms with Gasteiger partial charge in [0.15, 0.2) is 0 Å². The molecule has 4 rings (SSSR count). The zero-order valence-electron chi connectivity index (χ0n) is 13.6. The van der Waals surface area contributed by atoms with E-state index in [1.807, 2.05) is 36.4 Å². The van der Waals surface area contributed by atoms with Crippen LogP contribution in [0.4, 0.5) is 4.79 Å². The summed E-state index contributed by atoms with van der Waals surface area (Å²) in [7, 11) is 0. The van der Waals surface area contributed by atoms with Crippen LogP contribution in [0, 0.1) is 5.92 Å². The summed E-state index contributed by atoms with van der Waals surface area (Å²) in [6.45, 7) is 0.700. The molecule has 1 saturated carbocycles. The first-order chi connectivity index (χ1) is 11.8. The minimum Gasteiger partial charge on any atom is -0.456 e. The number of para-hydroxylation sites is 1. The summed E-state index contributed by atoms with van der Waals surface area (Å²) in [6.07, 6.45) is 5.86. The number of furan rings is 1. The van der Waals surface area contributed by atoms with Crippen molar-refractivity contribution in [1.82, 2.24) is 5.32 Å². The predicted octanol–water partition coefficient (Wildman–Crippen LogP) is 5.25. The molecule has 24 heavy (non-hydrogen) atoms. The molecule has 1 amide bonds. The molecule has 4 heteroatoms. The first-order valence-electron chi connectivity index (χ1n) is 8.66. The van der Waals surface area contributed by atoms with Crippen molar-refractivity contribution in [1.29, 1.82) is 0 Å². The molecule has 0 saturated heterocycles. The Morgan fingerprint density at radius 3 is 2.71 bits per heavy atom. The fourth-order valence-corrected chi connectivity index (χ4v) is 3.53. The fraction of sp³-hybridized carbons (Fsp3) is 0.350. The molecular formula is C20H21NO3. The van der Waals surface area contributed by atoms with Crippen molar-refractivity contribution in [2.24, 2.45) is 5.92 Å². The van der Waals surface area contributed by atoms with Gasteiger partial charge in [0.25, 0.3) is 0 Å². The van der Waals surface area contributed by atoms with Crippen molar-refractivity contribution in [3.05, 3.63) is 42.5 Å². The number of benzene rings is 2. The van der Waals surface area contributed by atoms with Crippen molar-refractivity contribution >= 4 is 28.0 Å². The molecule has 2 aromatic carbocycles. The monoisotopic (exact) mass is 323 g/mol. The maximum atomic E-state index is 12.0. The summed E-state index contributed by atoms with van der Waals surface area (Å²) in [5, 5.41) is 4.98. The average molecular weight is 323 g/mol. The summed E-state index contributed by atoms with van der Waals surface area (Å²) < 4.78 is 11.2. The van der Waals surface area contributed by atoms with Crippen LogP contribution in [0.3, 0.4) is 0 Å². The zero-order chi connectivity index (χ0) is 16.4. The van der Waals surface area contributed by atoms with E-state index in [9.17, 15) is 4.79 Å². The Hall–Kier alpha value is -2.49. The number of rotatable bonds is 3. The van der Waals surface area contributed by atoms with Crippen molar-refractivity contribution in [2.45, 2.75) is 32.1 Å². The Bertz CT molecular complexity index is 862. The van der Waals surface area contributed by atoms with E-state index >= 15 is 0 Å². The molecule has 0 spiro atoms. The van der Waals surface area contributed by atoms with Gasteiger partial charge in [-0.05, 0) is 37.0 Å². The van der Waals surface area contributed by atoms with Gasteiger partial charge in [-0.25, -0.2) is 4.79 Å². The molecule has 1 aliphatic carbocycles. The van der Waals surface area contributed by atoms with Crippen LogP contribution in [-0.2, 0) is 0 Å². The molecule has 124 valence electrons. The van der Waals surface area contributed by atoms with Gasteiger partial charge in [-0.15, -0.1) is 0 Å². The number of carbonyl (C=O) groups is 1. The van der Waals surface area contributed by atoms with Crippen LogP contribution in [-0.4, -0.2) is 12.6 Å². The first-order valence-corrected chi connectivity index (χ1v) is 8.66. The minimum absolute atomic E-state index is 0.393. The van der Waals surface area contributed by atoms with Crippen molar-refractivity contribution in [3.8, 4) is 5.75 Å². The molecule has 3 aromatic rings. The molecule has 0 atom stereocenters. The summed E-state index contributed by atoms with van der Waals surface area (Å²) in [5.41, 5.74) is 1.57. The highest BCUT2D eigenvalue weighted by atomic mass is 16.6. The van der Waals surface area contributed by atoms with Gasteiger partial charge < -0.3 is 14.5 Å². The third-order valence-corrected chi connectivity index (χ3v) is 4.82. The number of hydrogen-bond donors (Lipinski definition) is 1. The molecule has 0 unspecified atom stereocenters. The molecule has 1 aromatic heterocycles. The topological polar surface area (TPSA) is 51.5 Å². The van der Waals surface area contributed by atoms with Crippen LogP contribution in [0.1, 0.15) is 32.1 Å². The second-order valence-corrected chi connectivity index (χ2v) is 6.53. The van der Waals surface area contributed by atoms with Crippen LogP contribution in [0.2, 0.25) is 0 Å². The third-order valence-electron chi connectivity index (χ3n) is 4.82. The lowest BCUT2D eigenvalue weighted by Crippen LogP contribution is -2.32. The quantitative estimate of drug-likeness (QED) is 0.715. The van der Waals surface area contributed by atoms with Crippen molar-refractivity contribution in [3.63, 3.8) is 0 Å². The Kier molecular flexibility index (Phi) is 4.11. The van der Waals surface area contributed by atoms with Gasteiger partial charge in [0, 0.05) is 23.4 Å². The van der Waals surface area contributed by atoms with E-state index in [1.54, 1.807) is 6.07 Å². The maximum Gasteiger partial charge on any atom is 0.412 e. The van der Waals surface area contributed by atoms with Crippen LogP contribution >= 0.6 is 0 Å². The second-order valence-electron chi connectivity index (χ2n) is 6.53. The highest BCUT2D eigenvalue weighted by Crippen LogP contribution is 2.31. The molecule has 0 bridgehead atoms. The summed E-state index contributed by atoms with van der Waals surface area (Å²) in [4.78, 5) is 12.0. The Labute approximate surface area is 140 Å². The van der Waals surface area contributed by atoms with E-state index in [4.69, 9.17) is 9.15 Å². The van der Waals surface area contributed by atoms with Crippen LogP contribution in [0.25, 0.3) is 21.9 Å². The number of fused-ring (bicyclic) bond motifs is 3. The lowest BCUT2D eigenvalue weighted by molar-refractivity contribution is 0.196. The lowest BCUT2D eigenvalue weighted by atomic mass is 9.89. The molecule has 1 heterocycles. The highest BCUT2D eigenvalue weighted by Gasteiger charge is 2.15. The Morgan fingerprint density at radius 1 is 1.04 bits per heavy atom. The van der Waals surface area contributed by atoms with Gasteiger partial charge in [-0.2, -0.15) is 0 Å². The number of amides is 1. The lowest BCUT2D eigenvalue weighted by Gasteiger charge is -2.21. The Morgan fingerprint density at radius 2 is 1.83 bits per heavy atom. The van der Waals surface area contributed by atoms with E-state index in [2.05, 4.69) is 5.32 Å². The van der Waals surface area contributed by atoms with Gasteiger partial charge in [0.05, 0.1) is 0 Å². The standard InChI is InChI=1S/C20H21NO3/c22-20(21-13-14-6-2-1-3-7-14)23-15-10-11-17-16-8-4-5-9-18(16)24-19(17)12-15/h4-5,8-12,14H,1-3,6-7,13H2,(H,21,22). The van der Waals surface area contributed by atoms with Crippen LogP contribution < -0.4 is 10.1 Å². The number of ether oxygens (including phenoxy) is 1. The summed E-state index contributed by atoms with van der Waals surface area (Å²) in [5.74, 6) is 1.09. The van der Waals surface area contributed by atoms with E-state index in [-0.39, 0.29) is 0 Å². The van der Waals surface area contributed by atoms with Gasteiger partial charge in [0.2, 0.25) is 0 Å². The SMILES string of the molecule is O=C(NCC1CCCCC1)Oc1ccc2c(c1)oc1ccccc12. The highest BCUT2D eigenvalue weighted by molar-refractivity contribution is 6.05. The molecule has 1 N–H and O–H groups in total. The van der Waals surface area contributed by atoms with E-state index < -0.39 is 6.09 Å². The van der Waals surface area contributed by atoms with E-state index in [0.29, 0.717) is 18.2 Å². The smallest absolute Gasteiger partial charge is 0.412 e. The van der Waals surface area contributed by atoms with Crippen molar-refractivity contribution in [2.75, 3.05) is 6.54 Å². The van der Waals surface area contributed by atoms with Gasteiger partial charge in [-0.3, -0.25) is 0 Å². The molecule has 4 nitrogen and oxygen atoms in total. The Balaban J connectivity index is 1.44. The van der Waals surface area contributed by atoms with Crippen LogP contribution in [0.5, 0.6) is 5.75 Å². The van der Waals surface area contributed by atoms with Crippen LogP contribution in [0.15, 0.2) is 46.9 Å². The summed E-state index contributed by atoms with van der Waals surface area (Å²) in [6, 6.07) is 13.4. The van der Waals surface area contributed by atoms with Gasteiger partial charge >= 0.3 is 6.09 Å². The zero-order valence-corrected chi connectivity index (χ0v) is 13.6. The second kappa shape index (κ2) is 6.56. The van der Waals surface area contributed by atoms with Gasteiger partial charge in [-0.1, -0.05) is 37.5 Å². The van der Waals surface area contributed by atoms with Crippen molar-refractivity contribution < 1.29 is 13.9 Å². The predicted molar refractivity (Wildman–Crippen MR) is 94.3 cm³/mol. The molecule has 0 aliphatic heterocycles. The maximum absolute atomic E-state index is 12.0. The molecule has 1 aliphatic rings. The first kappa shape index (κ1) is 15.1. The van der Waals surface area contributed by atoms with E-state index in [1.165, 1.54) is 32.1 Å². The number of carbonyl (C=O) groups excluding carboxylic acids is 1. The summed E-state index contributed by atoms with van der Waals surface area (Å²) >= 11 is 0. The molecule has 1 fully saturated rings. The minimum atomic E-state index is -0.393. The number of hydrogen-bond acceptors (Lipinski definition) is 3. The normalized spacial score (nSPS) is 15.7.